The topological polar surface area (TPSA) is 76.4 Å². The average Bonchev–Trinajstić information content (AvgIpc) is 2.95. The average molecular weight is 305 g/mol. The first-order valence-corrected chi connectivity index (χ1v) is 8.18. The van der Waals surface area contributed by atoms with E-state index in [0.29, 0.717) is 25.1 Å². The van der Waals surface area contributed by atoms with Crippen molar-refractivity contribution in [2.45, 2.75) is 36.1 Å². The molecule has 6 heteroatoms. The fourth-order valence-electron chi connectivity index (χ4n) is 2.82. The highest BCUT2D eigenvalue weighted by Crippen LogP contribution is 2.32. The zero-order valence-electron chi connectivity index (χ0n) is 11.5. The molecule has 0 atom stereocenters. The van der Waals surface area contributed by atoms with Gasteiger partial charge in [-0.3, -0.25) is 4.79 Å². The number of benzene rings is 1. The van der Waals surface area contributed by atoms with Gasteiger partial charge in [-0.05, 0) is 31.9 Å². The highest BCUT2D eigenvalue weighted by atomic mass is 32.2. The number of aromatic nitrogens is 1. The quantitative estimate of drug-likeness (QED) is 0.915. The highest BCUT2D eigenvalue weighted by molar-refractivity contribution is 7.91. The van der Waals surface area contributed by atoms with Gasteiger partial charge in [0.25, 0.3) is 5.56 Å². The van der Waals surface area contributed by atoms with Crippen LogP contribution in [0.1, 0.15) is 17.7 Å². The summed E-state index contributed by atoms with van der Waals surface area (Å²) >= 11 is 0. The Labute approximate surface area is 122 Å². The van der Waals surface area contributed by atoms with Gasteiger partial charge in [-0.25, -0.2) is 8.42 Å². The Morgan fingerprint density at radius 2 is 1.86 bits per heavy atom. The Bertz CT molecular complexity index is 867. The summed E-state index contributed by atoms with van der Waals surface area (Å²) in [6.45, 7) is 1.92. The molecular weight excluding hydrogens is 290 g/mol. The number of aromatic hydroxyl groups is 1. The summed E-state index contributed by atoms with van der Waals surface area (Å²) in [6.07, 6.45) is 1.23. The molecule has 2 heterocycles. The molecule has 0 spiro atoms. The number of nitrogens with zero attached hydrogens (tertiary/aromatic N) is 1. The van der Waals surface area contributed by atoms with Crippen molar-refractivity contribution in [3.63, 3.8) is 0 Å². The van der Waals surface area contributed by atoms with Crippen LogP contribution < -0.4 is 5.56 Å². The minimum Gasteiger partial charge on any atom is -0.503 e. The maximum atomic E-state index is 12.9. The Morgan fingerprint density at radius 1 is 1.19 bits per heavy atom. The van der Waals surface area contributed by atoms with E-state index in [4.69, 9.17) is 0 Å². The second kappa shape index (κ2) is 4.73. The molecule has 0 aliphatic carbocycles. The van der Waals surface area contributed by atoms with Crippen LogP contribution in [-0.2, 0) is 22.8 Å². The second-order valence-electron chi connectivity index (χ2n) is 5.13. The summed E-state index contributed by atoms with van der Waals surface area (Å²) in [5.74, 6) is -0.477. The third-order valence-corrected chi connectivity index (χ3v) is 5.82. The van der Waals surface area contributed by atoms with Gasteiger partial charge in [0.1, 0.15) is 0 Å². The van der Waals surface area contributed by atoms with Crippen molar-refractivity contribution >= 4 is 9.84 Å². The van der Waals surface area contributed by atoms with Gasteiger partial charge in [-0.1, -0.05) is 18.2 Å². The minimum absolute atomic E-state index is 0.0725. The van der Waals surface area contributed by atoms with Gasteiger partial charge in [0.05, 0.1) is 9.79 Å². The number of pyridine rings is 1. The van der Waals surface area contributed by atoms with E-state index >= 15 is 0 Å². The lowest BCUT2D eigenvalue weighted by atomic mass is 10.2. The van der Waals surface area contributed by atoms with Crippen molar-refractivity contribution < 1.29 is 13.5 Å². The van der Waals surface area contributed by atoms with Crippen LogP contribution in [0.5, 0.6) is 5.75 Å². The molecular formula is C15H15NO4S. The highest BCUT2D eigenvalue weighted by Gasteiger charge is 2.31. The van der Waals surface area contributed by atoms with E-state index in [1.165, 1.54) is 23.6 Å². The van der Waals surface area contributed by atoms with Crippen LogP contribution in [0.4, 0.5) is 0 Å². The summed E-state index contributed by atoms with van der Waals surface area (Å²) in [7, 11) is -3.75. The Morgan fingerprint density at radius 3 is 2.52 bits per heavy atom. The van der Waals surface area contributed by atoms with Crippen molar-refractivity contribution in [3.05, 3.63) is 51.9 Å². The predicted octanol–water partition coefficient (Wildman–Crippen LogP) is 1.64. The van der Waals surface area contributed by atoms with Crippen molar-refractivity contribution in [1.29, 1.82) is 0 Å². The number of fused-ring (bicyclic) bond motifs is 1. The molecule has 0 amide bonds. The molecule has 3 rings (SSSR count). The predicted molar refractivity (Wildman–Crippen MR) is 77.3 cm³/mol. The van der Waals surface area contributed by atoms with Crippen LogP contribution in [-0.4, -0.2) is 18.1 Å². The van der Waals surface area contributed by atoms with Gasteiger partial charge < -0.3 is 9.67 Å². The van der Waals surface area contributed by atoms with E-state index in [0.717, 1.165) is 0 Å². The van der Waals surface area contributed by atoms with Crippen molar-refractivity contribution in [2.75, 3.05) is 0 Å². The molecule has 2 aromatic rings. The zero-order valence-corrected chi connectivity index (χ0v) is 12.4. The molecule has 1 aliphatic heterocycles. The molecule has 21 heavy (non-hydrogen) atoms. The van der Waals surface area contributed by atoms with Crippen molar-refractivity contribution in [2.24, 2.45) is 0 Å². The fourth-order valence-corrected chi connectivity index (χ4v) is 4.59. The first kappa shape index (κ1) is 13.9. The maximum Gasteiger partial charge on any atom is 0.293 e. The lowest BCUT2D eigenvalue weighted by molar-refractivity contribution is 0.449. The van der Waals surface area contributed by atoms with Crippen LogP contribution in [0.3, 0.4) is 0 Å². The molecule has 1 aromatic heterocycles. The largest absolute Gasteiger partial charge is 0.503 e. The fraction of sp³-hybridized carbons (Fsp3) is 0.267. The van der Waals surface area contributed by atoms with Crippen LogP contribution in [0.25, 0.3) is 0 Å². The molecule has 0 radical (unpaired) electrons. The third-order valence-electron chi connectivity index (χ3n) is 3.85. The van der Waals surface area contributed by atoms with E-state index in [2.05, 4.69) is 0 Å². The monoisotopic (exact) mass is 305 g/mol. The summed E-state index contributed by atoms with van der Waals surface area (Å²) < 4.78 is 27.1. The van der Waals surface area contributed by atoms with Crippen LogP contribution >= 0.6 is 0 Å². The molecule has 1 N–H and O–H groups in total. The smallest absolute Gasteiger partial charge is 0.293 e. The van der Waals surface area contributed by atoms with Crippen LogP contribution in [0, 0.1) is 6.92 Å². The first-order chi connectivity index (χ1) is 9.94. The summed E-state index contributed by atoms with van der Waals surface area (Å²) in [5.41, 5.74) is 0.128. The van der Waals surface area contributed by atoms with Gasteiger partial charge >= 0.3 is 0 Å². The molecule has 1 aromatic carbocycles. The Hall–Kier alpha value is -2.08. The normalized spacial score (nSPS) is 14.1. The summed E-state index contributed by atoms with van der Waals surface area (Å²) in [4.78, 5) is 12.3. The van der Waals surface area contributed by atoms with E-state index in [1.54, 1.807) is 18.2 Å². The van der Waals surface area contributed by atoms with E-state index in [9.17, 15) is 18.3 Å². The summed E-state index contributed by atoms with van der Waals surface area (Å²) in [6, 6.07) is 8.07. The van der Waals surface area contributed by atoms with E-state index in [1.807, 2.05) is 0 Å². The third kappa shape index (κ3) is 1.98. The second-order valence-corrected chi connectivity index (χ2v) is 7.01. The molecule has 110 valence electrons. The van der Waals surface area contributed by atoms with Crippen LogP contribution in [0.15, 0.2) is 44.9 Å². The lowest BCUT2D eigenvalue weighted by Crippen LogP contribution is -2.23. The Balaban J connectivity index is 2.37. The van der Waals surface area contributed by atoms with Gasteiger partial charge in [0, 0.05) is 17.8 Å². The Kier molecular flexibility index (Phi) is 3.13. The van der Waals surface area contributed by atoms with E-state index in [-0.39, 0.29) is 15.4 Å². The van der Waals surface area contributed by atoms with Gasteiger partial charge in [0.15, 0.2) is 5.75 Å². The standard InChI is InChI=1S/C15H15NO4S/c1-10-13(17)15(18)16-9-5-8-12(16)14(10)21(19,20)11-6-3-2-4-7-11/h2-4,6-7,17H,5,8-9H2,1H3. The van der Waals surface area contributed by atoms with E-state index < -0.39 is 21.1 Å². The molecule has 0 unspecified atom stereocenters. The number of hydrogen-bond acceptors (Lipinski definition) is 4. The number of rotatable bonds is 2. The summed E-state index contributed by atoms with van der Waals surface area (Å²) in [5, 5.41) is 9.96. The first-order valence-electron chi connectivity index (χ1n) is 6.70. The molecule has 5 nitrogen and oxygen atoms in total. The van der Waals surface area contributed by atoms with Crippen LogP contribution in [0.2, 0.25) is 0 Å². The van der Waals surface area contributed by atoms with Gasteiger partial charge in [-0.15, -0.1) is 0 Å². The number of hydrogen-bond donors (Lipinski definition) is 1. The SMILES string of the molecule is Cc1c(S(=O)(=O)c2ccccc2)c2n(c(=O)c1O)CCC2. The molecule has 0 saturated carbocycles. The molecule has 0 fully saturated rings. The molecule has 0 saturated heterocycles. The number of sulfone groups is 1. The zero-order chi connectivity index (χ0) is 15.2. The van der Waals surface area contributed by atoms with Gasteiger partial charge in [-0.2, -0.15) is 0 Å². The molecule has 1 aliphatic rings. The molecule has 0 bridgehead atoms. The minimum atomic E-state index is -3.75. The van der Waals surface area contributed by atoms with Gasteiger partial charge in [0.2, 0.25) is 9.84 Å². The lowest BCUT2D eigenvalue weighted by Gasteiger charge is -2.15. The maximum absolute atomic E-state index is 12.9. The van der Waals surface area contributed by atoms with Crippen molar-refractivity contribution in [1.82, 2.24) is 4.57 Å². The van der Waals surface area contributed by atoms with Crippen molar-refractivity contribution in [3.8, 4) is 5.75 Å².